The summed E-state index contributed by atoms with van der Waals surface area (Å²) in [6.07, 6.45) is 2.92. The molecule has 6 heteroatoms. The SMILES string of the molecule is C=C(C)C(=O)OCCOc1ccc(/C=C/C(=O)OC)cc1OC. The molecule has 6 nitrogen and oxygen atoms in total. The normalized spacial score (nSPS) is 10.2. The summed E-state index contributed by atoms with van der Waals surface area (Å²) < 4.78 is 20.2. The van der Waals surface area contributed by atoms with Gasteiger partial charge in [0.25, 0.3) is 0 Å². The summed E-state index contributed by atoms with van der Waals surface area (Å²) in [5.74, 6) is 0.116. The van der Waals surface area contributed by atoms with E-state index in [9.17, 15) is 9.59 Å². The van der Waals surface area contributed by atoms with Crippen LogP contribution in [-0.2, 0) is 19.1 Å². The molecule has 0 fully saturated rings. The summed E-state index contributed by atoms with van der Waals surface area (Å²) >= 11 is 0. The molecule has 0 saturated heterocycles. The fraction of sp³-hybridized carbons (Fsp3) is 0.294. The average Bonchev–Trinajstić information content (AvgIpc) is 2.56. The van der Waals surface area contributed by atoms with E-state index in [0.29, 0.717) is 17.1 Å². The van der Waals surface area contributed by atoms with Gasteiger partial charge in [0, 0.05) is 11.6 Å². The Kier molecular flexibility index (Phi) is 7.39. The fourth-order valence-electron chi connectivity index (χ4n) is 1.55. The minimum absolute atomic E-state index is 0.110. The topological polar surface area (TPSA) is 71.1 Å². The van der Waals surface area contributed by atoms with Crippen LogP contribution in [0.4, 0.5) is 0 Å². The zero-order valence-electron chi connectivity index (χ0n) is 13.5. The lowest BCUT2D eigenvalue weighted by Crippen LogP contribution is -2.12. The smallest absolute Gasteiger partial charge is 0.333 e. The van der Waals surface area contributed by atoms with Crippen LogP contribution in [-0.4, -0.2) is 39.4 Å². The van der Waals surface area contributed by atoms with E-state index in [4.69, 9.17) is 14.2 Å². The van der Waals surface area contributed by atoms with Crippen molar-refractivity contribution < 1.29 is 28.5 Å². The van der Waals surface area contributed by atoms with Crippen molar-refractivity contribution in [1.29, 1.82) is 0 Å². The number of ether oxygens (including phenoxy) is 4. The first kappa shape index (κ1) is 18.3. The Labute approximate surface area is 135 Å². The van der Waals surface area contributed by atoms with Crippen LogP contribution in [0, 0.1) is 0 Å². The van der Waals surface area contributed by atoms with Gasteiger partial charge in [-0.05, 0) is 30.7 Å². The molecule has 0 aliphatic carbocycles. The summed E-state index contributed by atoms with van der Waals surface area (Å²) in [5, 5.41) is 0. The molecule has 1 aromatic rings. The molecule has 0 aromatic heterocycles. The monoisotopic (exact) mass is 320 g/mol. The maximum atomic E-state index is 11.2. The van der Waals surface area contributed by atoms with E-state index < -0.39 is 11.9 Å². The zero-order valence-corrected chi connectivity index (χ0v) is 13.5. The maximum absolute atomic E-state index is 11.2. The molecule has 0 unspecified atom stereocenters. The predicted octanol–water partition coefficient (Wildman–Crippen LogP) is 2.38. The third kappa shape index (κ3) is 6.25. The standard InChI is InChI=1S/C17H20O6/c1-12(2)17(19)23-10-9-22-14-7-5-13(11-15(14)20-3)6-8-16(18)21-4/h5-8,11H,1,9-10H2,2-4H3/b8-6+. The maximum Gasteiger partial charge on any atom is 0.333 e. The molecule has 0 atom stereocenters. The number of benzene rings is 1. The molecule has 1 rings (SSSR count). The Balaban J connectivity index is 2.62. The van der Waals surface area contributed by atoms with Gasteiger partial charge in [-0.15, -0.1) is 0 Å². The molecular formula is C17H20O6. The van der Waals surface area contributed by atoms with Crippen molar-refractivity contribution in [1.82, 2.24) is 0 Å². The second-order valence-electron chi connectivity index (χ2n) is 4.53. The fourth-order valence-corrected chi connectivity index (χ4v) is 1.55. The highest BCUT2D eigenvalue weighted by Crippen LogP contribution is 2.28. The zero-order chi connectivity index (χ0) is 17.2. The Hall–Kier alpha value is -2.76. The van der Waals surface area contributed by atoms with Gasteiger partial charge in [0.1, 0.15) is 13.2 Å². The largest absolute Gasteiger partial charge is 0.493 e. The number of methoxy groups -OCH3 is 2. The molecule has 124 valence electrons. The molecule has 0 saturated carbocycles. The third-order valence-corrected chi connectivity index (χ3v) is 2.72. The molecule has 0 N–H and O–H groups in total. The predicted molar refractivity (Wildman–Crippen MR) is 85.3 cm³/mol. The Bertz CT molecular complexity index is 603. The quantitative estimate of drug-likeness (QED) is 0.416. The molecule has 0 aliphatic rings. The van der Waals surface area contributed by atoms with Gasteiger partial charge in [0.05, 0.1) is 14.2 Å². The van der Waals surface area contributed by atoms with Crippen LogP contribution >= 0.6 is 0 Å². The number of hydrogen-bond acceptors (Lipinski definition) is 6. The first-order chi connectivity index (χ1) is 11.0. The molecule has 0 bridgehead atoms. The number of carbonyl (C=O) groups excluding carboxylic acids is 2. The summed E-state index contributed by atoms with van der Waals surface area (Å²) in [6, 6.07) is 5.18. The number of rotatable bonds is 8. The van der Waals surface area contributed by atoms with Gasteiger partial charge in [-0.25, -0.2) is 9.59 Å². The highest BCUT2D eigenvalue weighted by Gasteiger charge is 2.07. The molecule has 0 heterocycles. The van der Waals surface area contributed by atoms with Crippen LogP contribution in [0.2, 0.25) is 0 Å². The first-order valence-electron chi connectivity index (χ1n) is 6.87. The summed E-state index contributed by atoms with van der Waals surface area (Å²) in [4.78, 5) is 22.3. The van der Waals surface area contributed by atoms with Gasteiger partial charge in [0.15, 0.2) is 11.5 Å². The van der Waals surface area contributed by atoms with E-state index in [-0.39, 0.29) is 13.2 Å². The van der Waals surface area contributed by atoms with Gasteiger partial charge < -0.3 is 18.9 Å². The van der Waals surface area contributed by atoms with Crippen molar-refractivity contribution in [3.05, 3.63) is 42.0 Å². The second kappa shape index (κ2) is 9.30. The van der Waals surface area contributed by atoms with Crippen LogP contribution in [0.1, 0.15) is 12.5 Å². The Morgan fingerprint density at radius 1 is 1.17 bits per heavy atom. The molecule has 0 radical (unpaired) electrons. The van der Waals surface area contributed by atoms with E-state index in [1.165, 1.54) is 20.3 Å². The van der Waals surface area contributed by atoms with Gasteiger partial charge in [0.2, 0.25) is 0 Å². The molecule has 0 spiro atoms. The van der Waals surface area contributed by atoms with Crippen LogP contribution in [0.15, 0.2) is 36.4 Å². The molecule has 0 amide bonds. The summed E-state index contributed by atoms with van der Waals surface area (Å²) in [7, 11) is 2.82. The second-order valence-corrected chi connectivity index (χ2v) is 4.53. The van der Waals surface area contributed by atoms with E-state index in [2.05, 4.69) is 11.3 Å². The molecular weight excluding hydrogens is 300 g/mol. The highest BCUT2D eigenvalue weighted by molar-refractivity contribution is 5.87. The molecule has 0 aliphatic heterocycles. The third-order valence-electron chi connectivity index (χ3n) is 2.72. The minimum atomic E-state index is -0.455. The van der Waals surface area contributed by atoms with E-state index in [1.54, 1.807) is 31.2 Å². The van der Waals surface area contributed by atoms with Crippen LogP contribution in [0.3, 0.4) is 0 Å². The van der Waals surface area contributed by atoms with Gasteiger partial charge in [-0.2, -0.15) is 0 Å². The van der Waals surface area contributed by atoms with Gasteiger partial charge >= 0.3 is 11.9 Å². The lowest BCUT2D eigenvalue weighted by Gasteiger charge is -2.11. The lowest BCUT2D eigenvalue weighted by atomic mass is 10.2. The number of carbonyl (C=O) groups is 2. The average molecular weight is 320 g/mol. The van der Waals surface area contributed by atoms with E-state index in [0.717, 1.165) is 5.56 Å². The Morgan fingerprint density at radius 3 is 2.52 bits per heavy atom. The van der Waals surface area contributed by atoms with Crippen molar-refractivity contribution in [3.63, 3.8) is 0 Å². The minimum Gasteiger partial charge on any atom is -0.493 e. The van der Waals surface area contributed by atoms with E-state index in [1.807, 2.05) is 0 Å². The Morgan fingerprint density at radius 2 is 1.91 bits per heavy atom. The van der Waals surface area contributed by atoms with Crippen molar-refractivity contribution >= 4 is 18.0 Å². The van der Waals surface area contributed by atoms with Crippen molar-refractivity contribution in [3.8, 4) is 11.5 Å². The summed E-state index contributed by atoms with van der Waals surface area (Å²) in [5.41, 5.74) is 1.10. The summed E-state index contributed by atoms with van der Waals surface area (Å²) in [6.45, 7) is 5.36. The first-order valence-corrected chi connectivity index (χ1v) is 6.87. The van der Waals surface area contributed by atoms with Crippen LogP contribution in [0.25, 0.3) is 6.08 Å². The highest BCUT2D eigenvalue weighted by atomic mass is 16.6. The van der Waals surface area contributed by atoms with Crippen molar-refractivity contribution in [2.45, 2.75) is 6.92 Å². The van der Waals surface area contributed by atoms with Gasteiger partial charge in [-0.3, -0.25) is 0 Å². The van der Waals surface area contributed by atoms with Crippen LogP contribution < -0.4 is 9.47 Å². The van der Waals surface area contributed by atoms with Crippen molar-refractivity contribution in [2.24, 2.45) is 0 Å². The van der Waals surface area contributed by atoms with E-state index >= 15 is 0 Å². The molecule has 1 aromatic carbocycles. The van der Waals surface area contributed by atoms with Gasteiger partial charge in [-0.1, -0.05) is 12.6 Å². The lowest BCUT2D eigenvalue weighted by molar-refractivity contribution is -0.139. The van der Waals surface area contributed by atoms with Crippen molar-refractivity contribution in [2.75, 3.05) is 27.4 Å². The number of hydrogen-bond donors (Lipinski definition) is 0. The molecule has 23 heavy (non-hydrogen) atoms. The number of esters is 2. The van der Waals surface area contributed by atoms with Crippen LogP contribution in [0.5, 0.6) is 11.5 Å².